The van der Waals surface area contributed by atoms with Gasteiger partial charge in [0, 0.05) is 5.56 Å². The lowest BCUT2D eigenvalue weighted by molar-refractivity contribution is 0.850. The number of aromatic nitrogens is 7. The minimum absolute atomic E-state index is 0.257. The van der Waals surface area contributed by atoms with Crippen molar-refractivity contribution in [2.75, 3.05) is 12.0 Å². The van der Waals surface area contributed by atoms with Crippen LogP contribution in [0.2, 0.25) is 0 Å². The van der Waals surface area contributed by atoms with E-state index in [1.165, 1.54) is 16.3 Å². The summed E-state index contributed by atoms with van der Waals surface area (Å²) in [6.07, 6.45) is 5.14. The Balaban J connectivity index is 2.22. The molecule has 3 aromatic heterocycles. The highest BCUT2D eigenvalue weighted by molar-refractivity contribution is 7.98. The summed E-state index contributed by atoms with van der Waals surface area (Å²) in [5.74, 6) is 1.18. The van der Waals surface area contributed by atoms with E-state index >= 15 is 0 Å². The molecule has 0 unspecified atom stereocenters. The maximum absolute atomic E-state index is 5.83. The van der Waals surface area contributed by atoms with Gasteiger partial charge in [-0.15, -0.1) is 5.10 Å². The second-order valence-electron chi connectivity index (χ2n) is 3.80. The van der Waals surface area contributed by atoms with Crippen LogP contribution in [-0.2, 0) is 0 Å². The number of nitrogen functional groups attached to an aromatic ring is 1. The lowest BCUT2D eigenvalue weighted by atomic mass is 10.2. The van der Waals surface area contributed by atoms with E-state index in [1.807, 2.05) is 13.2 Å². The van der Waals surface area contributed by atoms with Crippen molar-refractivity contribution in [3.63, 3.8) is 0 Å². The lowest BCUT2D eigenvalue weighted by Crippen LogP contribution is -2.04. The van der Waals surface area contributed by atoms with Crippen LogP contribution in [0.1, 0.15) is 5.56 Å². The zero-order chi connectivity index (χ0) is 13.4. The van der Waals surface area contributed by atoms with Gasteiger partial charge in [0.25, 0.3) is 5.78 Å². The summed E-state index contributed by atoms with van der Waals surface area (Å²) in [6, 6.07) is 0. The number of nitrogens with two attached hydrogens (primary N) is 1. The molecule has 0 radical (unpaired) electrons. The van der Waals surface area contributed by atoms with Gasteiger partial charge in [0.05, 0.1) is 12.4 Å². The summed E-state index contributed by atoms with van der Waals surface area (Å²) < 4.78 is 1.41. The molecule has 0 saturated heterocycles. The summed E-state index contributed by atoms with van der Waals surface area (Å²) >= 11 is 1.40. The van der Waals surface area contributed by atoms with E-state index in [2.05, 4.69) is 30.2 Å². The van der Waals surface area contributed by atoms with E-state index in [1.54, 1.807) is 12.4 Å². The number of thioether (sulfide) groups is 1. The first-order chi connectivity index (χ1) is 9.19. The van der Waals surface area contributed by atoms with Crippen molar-refractivity contribution in [1.82, 2.24) is 34.8 Å². The molecule has 9 heteroatoms. The third kappa shape index (κ3) is 1.97. The molecule has 0 aliphatic rings. The van der Waals surface area contributed by atoms with Crippen molar-refractivity contribution < 1.29 is 0 Å². The summed E-state index contributed by atoms with van der Waals surface area (Å²) in [5, 5.41) is 12.5. The maximum atomic E-state index is 5.83. The normalized spacial score (nSPS) is 11.1. The molecule has 0 atom stereocenters. The van der Waals surface area contributed by atoms with E-state index < -0.39 is 0 Å². The molecule has 0 spiro atoms. The van der Waals surface area contributed by atoms with Crippen LogP contribution in [0.3, 0.4) is 0 Å². The lowest BCUT2D eigenvalue weighted by Gasteiger charge is -1.98. The monoisotopic (exact) mass is 274 g/mol. The van der Waals surface area contributed by atoms with Crippen molar-refractivity contribution in [2.45, 2.75) is 12.1 Å². The van der Waals surface area contributed by atoms with E-state index in [0.717, 1.165) is 11.1 Å². The molecule has 0 saturated carbocycles. The van der Waals surface area contributed by atoms with Crippen molar-refractivity contribution in [2.24, 2.45) is 0 Å². The predicted octanol–water partition coefficient (Wildman–Crippen LogP) is 0.589. The van der Waals surface area contributed by atoms with Crippen LogP contribution in [0.5, 0.6) is 0 Å². The molecule has 0 aliphatic heterocycles. The zero-order valence-electron chi connectivity index (χ0n) is 10.3. The van der Waals surface area contributed by atoms with Gasteiger partial charge in [-0.05, 0) is 18.7 Å². The molecule has 2 N–H and O–H groups in total. The molecule has 19 heavy (non-hydrogen) atoms. The van der Waals surface area contributed by atoms with E-state index in [-0.39, 0.29) is 5.95 Å². The number of hydrogen-bond donors (Lipinski definition) is 1. The number of fused-ring (bicyclic) bond motifs is 1. The van der Waals surface area contributed by atoms with Crippen molar-refractivity contribution in [1.29, 1.82) is 0 Å². The Hall–Kier alpha value is -2.29. The van der Waals surface area contributed by atoms with E-state index in [0.29, 0.717) is 16.8 Å². The number of nitrogens with zero attached hydrogens (tertiary/aromatic N) is 7. The second kappa shape index (κ2) is 4.43. The van der Waals surface area contributed by atoms with Gasteiger partial charge in [-0.3, -0.25) is 0 Å². The van der Waals surface area contributed by atoms with Gasteiger partial charge in [0.15, 0.2) is 11.0 Å². The molecule has 96 valence electrons. The van der Waals surface area contributed by atoms with Crippen LogP contribution < -0.4 is 5.73 Å². The van der Waals surface area contributed by atoms with Gasteiger partial charge in [-0.25, -0.2) is 0 Å². The fourth-order valence-corrected chi connectivity index (χ4v) is 1.97. The Morgan fingerprint density at radius 3 is 2.68 bits per heavy atom. The zero-order valence-corrected chi connectivity index (χ0v) is 11.1. The average molecular weight is 274 g/mol. The third-order valence-corrected chi connectivity index (χ3v) is 3.11. The smallest absolute Gasteiger partial charge is 0.258 e. The summed E-state index contributed by atoms with van der Waals surface area (Å²) in [5.41, 5.74) is 7.56. The second-order valence-corrected chi connectivity index (χ2v) is 4.57. The SMILES string of the molecule is CSc1nc(N)n2nc(-c3cnncc3C)nc2n1. The van der Waals surface area contributed by atoms with Gasteiger partial charge >= 0.3 is 0 Å². The fraction of sp³-hybridized carbons (Fsp3) is 0.200. The highest BCUT2D eigenvalue weighted by Gasteiger charge is 2.13. The van der Waals surface area contributed by atoms with E-state index in [9.17, 15) is 0 Å². The molecule has 0 aliphatic carbocycles. The van der Waals surface area contributed by atoms with Gasteiger partial charge in [-0.1, -0.05) is 11.8 Å². The Morgan fingerprint density at radius 1 is 1.16 bits per heavy atom. The van der Waals surface area contributed by atoms with Crippen LogP contribution in [-0.4, -0.2) is 41.0 Å². The third-order valence-electron chi connectivity index (χ3n) is 2.57. The van der Waals surface area contributed by atoms with Crippen LogP contribution >= 0.6 is 11.8 Å². The quantitative estimate of drug-likeness (QED) is 0.676. The van der Waals surface area contributed by atoms with Crippen LogP contribution in [0.15, 0.2) is 17.6 Å². The summed E-state index contributed by atoms with van der Waals surface area (Å²) in [7, 11) is 0. The molecule has 8 nitrogen and oxygen atoms in total. The molecule has 3 rings (SSSR count). The fourth-order valence-electron chi connectivity index (χ4n) is 1.61. The maximum Gasteiger partial charge on any atom is 0.258 e. The number of anilines is 1. The largest absolute Gasteiger partial charge is 0.368 e. The Kier molecular flexibility index (Phi) is 2.75. The summed E-state index contributed by atoms with van der Waals surface area (Å²) in [4.78, 5) is 12.7. The molecule has 0 amide bonds. The molecular weight excluding hydrogens is 264 g/mol. The topological polar surface area (TPSA) is 108 Å². The van der Waals surface area contributed by atoms with Crippen LogP contribution in [0.25, 0.3) is 17.2 Å². The highest BCUT2D eigenvalue weighted by atomic mass is 32.2. The van der Waals surface area contributed by atoms with Crippen molar-refractivity contribution in [3.8, 4) is 11.4 Å². The molecule has 3 aromatic rings. The first-order valence-electron chi connectivity index (χ1n) is 5.41. The first-order valence-corrected chi connectivity index (χ1v) is 6.63. The Bertz CT molecular complexity index is 752. The molecule has 0 bridgehead atoms. The van der Waals surface area contributed by atoms with Crippen molar-refractivity contribution in [3.05, 3.63) is 18.0 Å². The van der Waals surface area contributed by atoms with Crippen LogP contribution in [0, 0.1) is 6.92 Å². The molecule has 0 fully saturated rings. The Labute approximate surface area is 112 Å². The van der Waals surface area contributed by atoms with E-state index in [4.69, 9.17) is 5.73 Å². The predicted molar refractivity (Wildman–Crippen MR) is 70.5 cm³/mol. The first kappa shape index (κ1) is 11.8. The van der Waals surface area contributed by atoms with Gasteiger partial charge < -0.3 is 5.73 Å². The minimum atomic E-state index is 0.257. The Morgan fingerprint density at radius 2 is 1.95 bits per heavy atom. The highest BCUT2D eigenvalue weighted by Crippen LogP contribution is 2.19. The standard InChI is InChI=1S/C10H10N8S/c1-5-3-12-13-4-6(5)7-14-9-16-10(19-2)15-8(11)18(9)17-7/h3-4H,1-2H3,(H2,11,14,15,16,17). The minimum Gasteiger partial charge on any atom is -0.368 e. The average Bonchev–Trinajstić information content (AvgIpc) is 2.83. The molecule has 3 heterocycles. The van der Waals surface area contributed by atoms with Crippen LogP contribution in [0.4, 0.5) is 5.95 Å². The van der Waals surface area contributed by atoms with Gasteiger partial charge in [0.2, 0.25) is 5.95 Å². The molecule has 0 aromatic carbocycles. The molecular formula is C10H10N8S. The van der Waals surface area contributed by atoms with Gasteiger partial charge in [0.1, 0.15) is 0 Å². The van der Waals surface area contributed by atoms with Crippen molar-refractivity contribution >= 4 is 23.5 Å². The number of aryl methyl sites for hydroxylation is 1. The number of hydrogen-bond acceptors (Lipinski definition) is 8. The van der Waals surface area contributed by atoms with Gasteiger partial charge in [-0.2, -0.15) is 29.7 Å². The number of rotatable bonds is 2. The summed E-state index contributed by atoms with van der Waals surface area (Å²) in [6.45, 7) is 1.91.